The Kier molecular flexibility index (Phi) is 9.86. The van der Waals surface area contributed by atoms with Gasteiger partial charge in [0.1, 0.15) is 11.7 Å². The van der Waals surface area contributed by atoms with Crippen LogP contribution in [0.25, 0.3) is 21.9 Å². The summed E-state index contributed by atoms with van der Waals surface area (Å²) in [5.74, 6) is -0.851. The number of carbonyl (C=O) groups excluding carboxylic acids is 1. The lowest BCUT2D eigenvalue weighted by Crippen LogP contribution is -2.50. The quantitative estimate of drug-likeness (QED) is 0.152. The van der Waals surface area contributed by atoms with E-state index < -0.39 is 44.4 Å². The summed E-state index contributed by atoms with van der Waals surface area (Å²) in [5.41, 5.74) is -0.244. The molecule has 0 amide bonds. The number of hydrogen-bond donors (Lipinski definition) is 1. The van der Waals surface area contributed by atoms with E-state index in [9.17, 15) is 31.2 Å². The number of sulfonamides is 1. The van der Waals surface area contributed by atoms with Gasteiger partial charge in [-0.25, -0.2) is 13.2 Å². The molecule has 0 saturated carbocycles. The van der Waals surface area contributed by atoms with Crippen LogP contribution in [0.3, 0.4) is 0 Å². The van der Waals surface area contributed by atoms with Crippen LogP contribution in [0.4, 0.5) is 18.9 Å². The first-order chi connectivity index (χ1) is 24.0. The summed E-state index contributed by atoms with van der Waals surface area (Å²) in [7, 11) is -3.40. The number of methoxy groups -OCH3 is 1. The third-order valence-electron chi connectivity index (χ3n) is 9.01. The van der Waals surface area contributed by atoms with Gasteiger partial charge >= 0.3 is 12.1 Å². The van der Waals surface area contributed by atoms with Crippen molar-refractivity contribution in [1.29, 1.82) is 0 Å². The lowest BCUT2D eigenvalue weighted by Gasteiger charge is -2.36. The lowest BCUT2D eigenvalue weighted by molar-refractivity contribution is -0.145. The fraction of sp³-hybridized carbons (Fsp3) is 0.263. The molecule has 1 atom stereocenters. The lowest BCUT2D eigenvalue weighted by atomic mass is 9.91. The summed E-state index contributed by atoms with van der Waals surface area (Å²) < 4.78 is 79.1. The number of nitrogens with one attached hydrogen (secondary N) is 1. The Bertz CT molecular complexity index is 2210. The second-order valence-corrected chi connectivity index (χ2v) is 14.1. The van der Waals surface area contributed by atoms with Crippen molar-refractivity contribution in [3.8, 4) is 11.1 Å². The minimum absolute atomic E-state index is 0.0134. The van der Waals surface area contributed by atoms with Crippen molar-refractivity contribution in [2.45, 2.75) is 50.0 Å². The molecule has 1 unspecified atom stereocenters. The van der Waals surface area contributed by atoms with E-state index >= 15 is 0 Å². The highest BCUT2D eigenvalue weighted by Crippen LogP contribution is 2.42. The number of pyridine rings is 1. The van der Waals surface area contributed by atoms with E-state index in [0.717, 1.165) is 50.0 Å². The van der Waals surface area contributed by atoms with Crippen LogP contribution in [0.1, 0.15) is 48.1 Å². The summed E-state index contributed by atoms with van der Waals surface area (Å²) in [5, 5.41) is 4.39. The number of hydrogen-bond acceptors (Lipinski definition) is 6. The summed E-state index contributed by atoms with van der Waals surface area (Å²) >= 11 is 0. The third kappa shape index (κ3) is 6.65. The molecule has 0 saturated heterocycles. The fourth-order valence-corrected chi connectivity index (χ4v) is 8.45. The fourth-order valence-electron chi connectivity index (χ4n) is 6.54. The minimum atomic E-state index is -4.74. The Hall–Kier alpha value is -4.94. The maximum Gasteiger partial charge on any atom is 0.416 e. The van der Waals surface area contributed by atoms with Crippen LogP contribution in [0, 0.1) is 0 Å². The number of benzene rings is 4. The van der Waals surface area contributed by atoms with E-state index in [4.69, 9.17) is 4.74 Å². The van der Waals surface area contributed by atoms with E-state index in [0.29, 0.717) is 12.8 Å². The van der Waals surface area contributed by atoms with Gasteiger partial charge in [0.05, 0.1) is 12.7 Å². The van der Waals surface area contributed by atoms with Gasteiger partial charge in [-0.15, -0.1) is 0 Å². The number of fused-ring (bicyclic) bond motifs is 2. The van der Waals surface area contributed by atoms with Gasteiger partial charge in [0, 0.05) is 31.6 Å². The van der Waals surface area contributed by atoms with Gasteiger partial charge in [0.15, 0.2) is 5.03 Å². The van der Waals surface area contributed by atoms with E-state index in [1.807, 2.05) is 79.7 Å². The van der Waals surface area contributed by atoms with Gasteiger partial charge in [-0.1, -0.05) is 98.3 Å². The number of ether oxygens (including phenoxy) is 1. The largest absolute Gasteiger partial charge is 0.467 e. The van der Waals surface area contributed by atoms with Crippen LogP contribution in [0.15, 0.2) is 107 Å². The standard InChI is InChI=1S/C38H36F3N3O5S/c1-3-4-20-43-24-32(37(46)49-2)44-35(45)34(42-23-25-12-6-5-7-13-25)31(22-27-16-10-15-26-14-8-9-19-30(26)27)33(36(44)50(43,47)48)28-17-11-18-29(21-28)38(39,40)41/h5-19,21,32,42H,3-4,20,22-24H2,1-2H3. The van der Waals surface area contributed by atoms with Crippen LogP contribution in [-0.4, -0.2) is 43.5 Å². The molecule has 0 fully saturated rings. The van der Waals surface area contributed by atoms with E-state index in [2.05, 4.69) is 5.32 Å². The molecule has 1 aromatic heterocycles. The van der Waals surface area contributed by atoms with Gasteiger partial charge in [0.2, 0.25) is 0 Å². The summed E-state index contributed by atoms with van der Waals surface area (Å²) in [6.07, 6.45) is -3.67. The van der Waals surface area contributed by atoms with E-state index in [-0.39, 0.29) is 48.4 Å². The smallest absolute Gasteiger partial charge is 0.416 e. The molecule has 260 valence electrons. The zero-order valence-electron chi connectivity index (χ0n) is 27.5. The Morgan fingerprint density at radius 2 is 1.66 bits per heavy atom. The average Bonchev–Trinajstić information content (AvgIpc) is 3.11. The Morgan fingerprint density at radius 3 is 2.38 bits per heavy atom. The van der Waals surface area contributed by atoms with E-state index in [1.54, 1.807) is 0 Å². The first-order valence-corrected chi connectivity index (χ1v) is 17.7. The number of halogens is 3. The predicted molar refractivity (Wildman–Crippen MR) is 186 cm³/mol. The summed E-state index contributed by atoms with van der Waals surface area (Å²) in [4.78, 5) is 28.2. The molecule has 6 rings (SSSR count). The number of carbonyl (C=O) groups is 1. The predicted octanol–water partition coefficient (Wildman–Crippen LogP) is 7.41. The molecule has 0 aliphatic carbocycles. The molecule has 1 aliphatic rings. The molecule has 0 spiro atoms. The SMILES string of the molecule is CCCCN1CC(C(=O)OC)n2c(c(-c3cccc(C(F)(F)F)c3)c(Cc3cccc4ccccc34)c(NCc3ccccc3)c2=O)S1(=O)=O. The molecule has 8 nitrogen and oxygen atoms in total. The van der Waals surface area contributed by atoms with Crippen molar-refractivity contribution in [1.82, 2.24) is 8.87 Å². The maximum absolute atomic E-state index is 14.8. The molecule has 12 heteroatoms. The molecule has 4 aromatic carbocycles. The van der Waals surface area contributed by atoms with Crippen molar-refractivity contribution in [3.05, 3.63) is 130 Å². The second-order valence-electron chi connectivity index (χ2n) is 12.2. The van der Waals surface area contributed by atoms with Gasteiger partial charge in [-0.05, 0) is 51.6 Å². The highest BCUT2D eigenvalue weighted by atomic mass is 32.2. The number of unbranched alkanes of at least 4 members (excludes halogenated alkanes) is 1. The van der Waals surface area contributed by atoms with Crippen molar-refractivity contribution >= 4 is 32.5 Å². The molecule has 5 aromatic rings. The highest BCUT2D eigenvalue weighted by Gasteiger charge is 2.45. The Balaban J connectivity index is 1.75. The third-order valence-corrected chi connectivity index (χ3v) is 10.9. The first-order valence-electron chi connectivity index (χ1n) is 16.3. The average molecular weight is 704 g/mol. The number of aromatic nitrogens is 1. The number of alkyl halides is 3. The normalized spacial score (nSPS) is 15.8. The number of esters is 1. The van der Waals surface area contributed by atoms with Crippen LogP contribution < -0.4 is 10.9 Å². The van der Waals surface area contributed by atoms with Gasteiger partial charge in [-0.3, -0.25) is 9.36 Å². The zero-order valence-corrected chi connectivity index (χ0v) is 28.4. The van der Waals surface area contributed by atoms with Crippen LogP contribution in [0.2, 0.25) is 0 Å². The summed E-state index contributed by atoms with van der Waals surface area (Å²) in [6.45, 7) is 1.69. The van der Waals surface area contributed by atoms with Gasteiger partial charge in [-0.2, -0.15) is 17.5 Å². The first kappa shape index (κ1) is 34.9. The van der Waals surface area contributed by atoms with Gasteiger partial charge in [0.25, 0.3) is 15.6 Å². The van der Waals surface area contributed by atoms with Gasteiger partial charge < -0.3 is 10.1 Å². The maximum atomic E-state index is 14.8. The highest BCUT2D eigenvalue weighted by molar-refractivity contribution is 7.89. The Labute approximate surface area is 288 Å². The van der Waals surface area contributed by atoms with E-state index in [1.165, 1.54) is 12.1 Å². The molecule has 1 aliphatic heterocycles. The number of anilines is 1. The van der Waals surface area contributed by atoms with Crippen LogP contribution in [0.5, 0.6) is 0 Å². The topological polar surface area (TPSA) is 97.7 Å². The van der Waals surface area contributed by atoms with Crippen molar-refractivity contribution in [2.75, 3.05) is 25.5 Å². The summed E-state index contributed by atoms with van der Waals surface area (Å²) in [6, 6.07) is 25.3. The molecule has 0 bridgehead atoms. The van der Waals surface area contributed by atoms with Crippen LogP contribution in [-0.2, 0) is 38.7 Å². The Morgan fingerprint density at radius 1 is 0.960 bits per heavy atom. The van der Waals surface area contributed by atoms with Crippen molar-refractivity contribution < 1.29 is 31.1 Å². The minimum Gasteiger partial charge on any atom is -0.467 e. The van der Waals surface area contributed by atoms with Crippen LogP contribution >= 0.6 is 0 Å². The monoisotopic (exact) mass is 703 g/mol. The van der Waals surface area contributed by atoms with Crippen molar-refractivity contribution in [3.63, 3.8) is 0 Å². The van der Waals surface area contributed by atoms with Crippen molar-refractivity contribution in [2.24, 2.45) is 0 Å². The molecular formula is C38H36F3N3O5S. The molecule has 1 N–H and O–H groups in total. The molecule has 50 heavy (non-hydrogen) atoms. The zero-order chi connectivity index (χ0) is 35.6. The molecular weight excluding hydrogens is 667 g/mol. The number of nitrogens with zero attached hydrogens (tertiary/aromatic N) is 2. The molecule has 2 heterocycles. The second kappa shape index (κ2) is 14.1. The molecule has 0 radical (unpaired) electrons. The number of rotatable bonds is 10.